The second kappa shape index (κ2) is 5.19. The van der Waals surface area contributed by atoms with Crippen LogP contribution >= 0.6 is 0 Å². The molecule has 0 spiro atoms. The average molecular weight is 216 g/mol. The number of benzene rings is 1. The lowest BCUT2D eigenvalue weighted by molar-refractivity contribution is 0.459. The van der Waals surface area contributed by atoms with E-state index in [1.807, 2.05) is 6.92 Å². The van der Waals surface area contributed by atoms with E-state index in [-0.39, 0.29) is 11.5 Å². The quantitative estimate of drug-likeness (QED) is 0.654. The van der Waals surface area contributed by atoms with Gasteiger partial charge in [-0.05, 0) is 24.5 Å². The van der Waals surface area contributed by atoms with Gasteiger partial charge in [0.25, 0.3) is 0 Å². The first-order valence-electron chi connectivity index (χ1n) is 5.21. The Morgan fingerprint density at radius 2 is 1.73 bits per heavy atom. The topological polar surface area (TPSA) is 0 Å². The van der Waals surface area contributed by atoms with Gasteiger partial charge in [0.05, 0.1) is 0 Å². The van der Waals surface area contributed by atoms with Crippen molar-refractivity contribution >= 4 is 0 Å². The van der Waals surface area contributed by atoms with Gasteiger partial charge < -0.3 is 0 Å². The van der Waals surface area contributed by atoms with Gasteiger partial charge in [-0.25, -0.2) is 13.2 Å². The minimum atomic E-state index is -1.04. The van der Waals surface area contributed by atoms with Crippen molar-refractivity contribution in [3.63, 3.8) is 0 Å². The zero-order valence-corrected chi connectivity index (χ0v) is 8.99. The molecule has 0 heterocycles. The molecular weight excluding hydrogens is 201 g/mol. The molecule has 1 aromatic rings. The van der Waals surface area contributed by atoms with Gasteiger partial charge in [0, 0.05) is 5.56 Å². The Morgan fingerprint density at radius 1 is 1.13 bits per heavy atom. The van der Waals surface area contributed by atoms with E-state index in [1.165, 1.54) is 0 Å². The summed E-state index contributed by atoms with van der Waals surface area (Å²) >= 11 is 0. The summed E-state index contributed by atoms with van der Waals surface area (Å²) in [6.45, 7) is 3.72. The van der Waals surface area contributed by atoms with Crippen molar-refractivity contribution < 1.29 is 13.2 Å². The Morgan fingerprint density at radius 3 is 2.33 bits per heavy atom. The van der Waals surface area contributed by atoms with Gasteiger partial charge in [-0.15, -0.1) is 0 Å². The predicted molar refractivity (Wildman–Crippen MR) is 54.3 cm³/mol. The molecule has 0 saturated carbocycles. The molecule has 0 aliphatic rings. The van der Waals surface area contributed by atoms with Gasteiger partial charge in [0.2, 0.25) is 0 Å². The van der Waals surface area contributed by atoms with Gasteiger partial charge in [-0.3, -0.25) is 0 Å². The third-order valence-electron chi connectivity index (χ3n) is 2.56. The van der Waals surface area contributed by atoms with Crippen LogP contribution in [0.5, 0.6) is 0 Å². The third kappa shape index (κ3) is 2.74. The summed E-state index contributed by atoms with van der Waals surface area (Å²) in [6, 6.07) is 1.80. The number of halogens is 3. The first-order chi connectivity index (χ1) is 7.07. The molecule has 1 aromatic carbocycles. The van der Waals surface area contributed by atoms with Crippen LogP contribution in [0.4, 0.5) is 13.2 Å². The Hall–Kier alpha value is -0.990. The molecular formula is C12H15F3. The summed E-state index contributed by atoms with van der Waals surface area (Å²) in [6.07, 6.45) is 2.52. The Balaban J connectivity index is 2.96. The molecule has 1 rings (SSSR count). The highest BCUT2D eigenvalue weighted by molar-refractivity contribution is 5.24. The highest BCUT2D eigenvalue weighted by Crippen LogP contribution is 2.27. The van der Waals surface area contributed by atoms with E-state index < -0.39 is 17.5 Å². The molecule has 0 radical (unpaired) electrons. The lowest BCUT2D eigenvalue weighted by Gasteiger charge is -2.13. The molecule has 15 heavy (non-hydrogen) atoms. The van der Waals surface area contributed by atoms with Gasteiger partial charge in [0.15, 0.2) is 11.6 Å². The number of hydrogen-bond acceptors (Lipinski definition) is 0. The zero-order chi connectivity index (χ0) is 11.4. The smallest absolute Gasteiger partial charge is 0.165 e. The molecule has 0 N–H and O–H groups in total. The minimum Gasteiger partial charge on any atom is -0.207 e. The van der Waals surface area contributed by atoms with Crippen LogP contribution in [0.1, 0.15) is 44.6 Å². The molecule has 0 aromatic heterocycles. The maximum absolute atomic E-state index is 13.3. The summed E-state index contributed by atoms with van der Waals surface area (Å²) in [5.41, 5.74) is -0.122. The van der Waals surface area contributed by atoms with Gasteiger partial charge in [-0.2, -0.15) is 0 Å². The van der Waals surface area contributed by atoms with Crippen molar-refractivity contribution in [2.24, 2.45) is 0 Å². The minimum absolute atomic E-state index is 0.122. The second-order valence-electron chi connectivity index (χ2n) is 3.80. The van der Waals surface area contributed by atoms with Crippen molar-refractivity contribution in [3.05, 3.63) is 35.1 Å². The summed E-state index contributed by atoms with van der Waals surface area (Å²) in [5.74, 6) is -2.95. The van der Waals surface area contributed by atoms with E-state index in [0.717, 1.165) is 25.0 Å². The van der Waals surface area contributed by atoms with E-state index in [9.17, 15) is 13.2 Å². The predicted octanol–water partition coefficient (Wildman–Crippen LogP) is 4.40. The fourth-order valence-electron chi connectivity index (χ4n) is 1.65. The van der Waals surface area contributed by atoms with Gasteiger partial charge in [0.1, 0.15) is 5.82 Å². The molecule has 0 unspecified atom stereocenters. The summed E-state index contributed by atoms with van der Waals surface area (Å²) in [4.78, 5) is 0. The number of rotatable bonds is 4. The number of hydrogen-bond donors (Lipinski definition) is 0. The van der Waals surface area contributed by atoms with Crippen LogP contribution in [0, 0.1) is 17.5 Å². The Kier molecular flexibility index (Phi) is 4.18. The largest absolute Gasteiger partial charge is 0.207 e. The van der Waals surface area contributed by atoms with Crippen molar-refractivity contribution in [1.82, 2.24) is 0 Å². The number of unbranched alkanes of at least 4 members (excludes halogenated alkanes) is 1. The van der Waals surface area contributed by atoms with Crippen LogP contribution in [0.3, 0.4) is 0 Å². The molecule has 0 fully saturated rings. The summed E-state index contributed by atoms with van der Waals surface area (Å²) < 4.78 is 39.5. The fraction of sp³-hybridized carbons (Fsp3) is 0.500. The molecule has 0 aliphatic carbocycles. The molecule has 3 heteroatoms. The highest BCUT2D eigenvalue weighted by atomic mass is 19.2. The first-order valence-corrected chi connectivity index (χ1v) is 5.21. The van der Waals surface area contributed by atoms with E-state index in [1.54, 1.807) is 6.92 Å². The van der Waals surface area contributed by atoms with Crippen LogP contribution < -0.4 is 0 Å². The van der Waals surface area contributed by atoms with E-state index in [2.05, 4.69) is 0 Å². The van der Waals surface area contributed by atoms with Crippen molar-refractivity contribution in [2.45, 2.75) is 39.0 Å². The first kappa shape index (κ1) is 12.1. The molecule has 84 valence electrons. The molecule has 1 atom stereocenters. The standard InChI is InChI=1S/C12H15F3/c1-3-4-5-8(2)11-9(13)6-7-10(14)12(11)15/h6-8H,3-5H2,1-2H3/t8-/m1/s1. The van der Waals surface area contributed by atoms with Gasteiger partial charge in [-0.1, -0.05) is 26.7 Å². The monoisotopic (exact) mass is 216 g/mol. The molecule has 0 aliphatic heterocycles. The zero-order valence-electron chi connectivity index (χ0n) is 8.99. The molecule has 0 nitrogen and oxygen atoms in total. The van der Waals surface area contributed by atoms with Crippen LogP contribution in [-0.2, 0) is 0 Å². The fourth-order valence-corrected chi connectivity index (χ4v) is 1.65. The van der Waals surface area contributed by atoms with E-state index >= 15 is 0 Å². The van der Waals surface area contributed by atoms with Crippen molar-refractivity contribution in [3.8, 4) is 0 Å². The van der Waals surface area contributed by atoms with Crippen molar-refractivity contribution in [1.29, 1.82) is 0 Å². The third-order valence-corrected chi connectivity index (χ3v) is 2.56. The second-order valence-corrected chi connectivity index (χ2v) is 3.80. The lowest BCUT2D eigenvalue weighted by Crippen LogP contribution is -2.03. The van der Waals surface area contributed by atoms with Crippen LogP contribution in [0.25, 0.3) is 0 Å². The maximum atomic E-state index is 13.3. The molecule has 0 saturated heterocycles. The maximum Gasteiger partial charge on any atom is 0.165 e. The van der Waals surface area contributed by atoms with Crippen LogP contribution in [0.15, 0.2) is 12.1 Å². The molecule has 0 bridgehead atoms. The average Bonchev–Trinajstić information content (AvgIpc) is 2.21. The van der Waals surface area contributed by atoms with Crippen LogP contribution in [0.2, 0.25) is 0 Å². The Labute approximate surface area is 88.1 Å². The van der Waals surface area contributed by atoms with E-state index in [4.69, 9.17) is 0 Å². The van der Waals surface area contributed by atoms with Gasteiger partial charge >= 0.3 is 0 Å². The van der Waals surface area contributed by atoms with E-state index in [0.29, 0.717) is 6.42 Å². The summed E-state index contributed by atoms with van der Waals surface area (Å²) in [7, 11) is 0. The highest BCUT2D eigenvalue weighted by Gasteiger charge is 2.18. The lowest BCUT2D eigenvalue weighted by atomic mass is 9.94. The SMILES string of the molecule is CCCC[C@@H](C)c1c(F)ccc(F)c1F. The normalized spacial score (nSPS) is 12.9. The Bertz CT molecular complexity index is 334. The summed E-state index contributed by atoms with van der Waals surface area (Å²) in [5, 5.41) is 0. The molecule has 0 amide bonds. The van der Waals surface area contributed by atoms with Crippen molar-refractivity contribution in [2.75, 3.05) is 0 Å². The van der Waals surface area contributed by atoms with Crippen LogP contribution in [-0.4, -0.2) is 0 Å².